The monoisotopic (exact) mass is 260 g/mol. The topological polar surface area (TPSA) is 63.4 Å². The molecule has 0 saturated carbocycles. The fourth-order valence-corrected chi connectivity index (χ4v) is 4.63. The van der Waals surface area contributed by atoms with Crippen LogP contribution in [0.4, 0.5) is 0 Å². The molecule has 4 nitrogen and oxygen atoms in total. The van der Waals surface area contributed by atoms with E-state index in [1.165, 1.54) is 15.6 Å². The quantitative estimate of drug-likeness (QED) is 0.878. The summed E-state index contributed by atoms with van der Waals surface area (Å²) < 4.78 is 26.4. The van der Waals surface area contributed by atoms with Crippen LogP contribution in [0.3, 0.4) is 0 Å². The molecule has 90 valence electrons. The molecule has 1 aliphatic heterocycles. The van der Waals surface area contributed by atoms with Crippen molar-refractivity contribution in [1.29, 1.82) is 0 Å². The Kier molecular flexibility index (Phi) is 3.63. The van der Waals surface area contributed by atoms with E-state index in [2.05, 4.69) is 0 Å². The lowest BCUT2D eigenvalue weighted by Gasteiger charge is -2.25. The first-order valence-electron chi connectivity index (χ1n) is 5.43. The van der Waals surface area contributed by atoms with E-state index in [4.69, 9.17) is 5.73 Å². The lowest BCUT2D eigenvalue weighted by atomic mass is 10.2. The number of rotatable bonds is 2. The number of nitrogens with zero attached hydrogens (tertiary/aromatic N) is 1. The van der Waals surface area contributed by atoms with Crippen molar-refractivity contribution in [3.05, 3.63) is 17.5 Å². The highest BCUT2D eigenvalue weighted by molar-refractivity contribution is 7.91. The van der Waals surface area contributed by atoms with Crippen LogP contribution in [0.1, 0.15) is 25.7 Å². The van der Waals surface area contributed by atoms with Crippen LogP contribution in [-0.2, 0) is 10.0 Å². The Hall–Kier alpha value is -0.430. The second-order valence-electron chi connectivity index (χ2n) is 3.96. The summed E-state index contributed by atoms with van der Waals surface area (Å²) in [6, 6.07) is 3.39. The van der Waals surface area contributed by atoms with E-state index in [0.29, 0.717) is 10.8 Å². The molecule has 1 aromatic heterocycles. The van der Waals surface area contributed by atoms with Crippen LogP contribution in [0.2, 0.25) is 0 Å². The molecule has 0 bridgehead atoms. The van der Waals surface area contributed by atoms with Crippen LogP contribution >= 0.6 is 11.3 Å². The summed E-state index contributed by atoms with van der Waals surface area (Å²) in [5.41, 5.74) is 5.92. The van der Waals surface area contributed by atoms with Crippen molar-refractivity contribution < 1.29 is 8.42 Å². The van der Waals surface area contributed by atoms with Crippen molar-refractivity contribution in [2.75, 3.05) is 6.54 Å². The molecule has 1 saturated heterocycles. The van der Waals surface area contributed by atoms with Gasteiger partial charge in [-0.2, -0.15) is 4.31 Å². The van der Waals surface area contributed by atoms with Crippen molar-refractivity contribution in [2.45, 2.75) is 36.1 Å². The number of thiophene rings is 1. The van der Waals surface area contributed by atoms with Crippen molar-refractivity contribution in [3.63, 3.8) is 0 Å². The Balaban J connectivity index is 2.28. The maximum absolute atomic E-state index is 12.3. The standard InChI is InChI=1S/C10H16N2O2S2/c11-9-5-2-1-3-7-12(9)16(13,14)10-6-4-8-15-10/h4,6,8-9H,1-3,5,7,11H2. The van der Waals surface area contributed by atoms with Crippen LogP contribution in [0.25, 0.3) is 0 Å². The number of sulfonamides is 1. The van der Waals surface area contributed by atoms with Gasteiger partial charge in [-0.05, 0) is 24.3 Å². The van der Waals surface area contributed by atoms with E-state index in [9.17, 15) is 8.42 Å². The van der Waals surface area contributed by atoms with Gasteiger partial charge in [0.1, 0.15) is 4.21 Å². The van der Waals surface area contributed by atoms with Gasteiger partial charge in [0, 0.05) is 6.54 Å². The maximum Gasteiger partial charge on any atom is 0.253 e. The van der Waals surface area contributed by atoms with Crippen LogP contribution in [0.15, 0.2) is 21.7 Å². The van der Waals surface area contributed by atoms with E-state index in [0.717, 1.165) is 25.7 Å². The SMILES string of the molecule is NC1CCCCCN1S(=O)(=O)c1cccs1. The van der Waals surface area contributed by atoms with Crippen LogP contribution in [-0.4, -0.2) is 25.4 Å². The van der Waals surface area contributed by atoms with Gasteiger partial charge >= 0.3 is 0 Å². The third-order valence-corrected chi connectivity index (χ3v) is 6.10. The molecule has 0 spiro atoms. The van der Waals surface area contributed by atoms with Gasteiger partial charge in [-0.1, -0.05) is 18.9 Å². The summed E-state index contributed by atoms with van der Waals surface area (Å²) in [4.78, 5) is 0. The summed E-state index contributed by atoms with van der Waals surface area (Å²) in [5, 5.41) is 1.77. The highest BCUT2D eigenvalue weighted by Crippen LogP contribution is 2.25. The predicted octanol–water partition coefficient (Wildman–Crippen LogP) is 1.60. The molecule has 1 atom stereocenters. The van der Waals surface area contributed by atoms with Crippen molar-refractivity contribution in [3.8, 4) is 0 Å². The first kappa shape index (κ1) is 12.0. The van der Waals surface area contributed by atoms with E-state index in [-0.39, 0.29) is 6.17 Å². The molecule has 2 rings (SSSR count). The minimum Gasteiger partial charge on any atom is -0.315 e. The largest absolute Gasteiger partial charge is 0.315 e. The number of hydrogen-bond acceptors (Lipinski definition) is 4. The molecular formula is C10H16N2O2S2. The van der Waals surface area contributed by atoms with Crippen molar-refractivity contribution in [2.24, 2.45) is 5.73 Å². The fraction of sp³-hybridized carbons (Fsp3) is 0.600. The third-order valence-electron chi connectivity index (χ3n) is 2.81. The predicted molar refractivity (Wildman–Crippen MR) is 64.7 cm³/mol. The zero-order valence-corrected chi connectivity index (χ0v) is 10.6. The van der Waals surface area contributed by atoms with Crippen LogP contribution in [0, 0.1) is 0 Å². The van der Waals surface area contributed by atoms with Gasteiger partial charge in [-0.15, -0.1) is 11.3 Å². The first-order valence-corrected chi connectivity index (χ1v) is 7.75. The molecule has 2 N–H and O–H groups in total. The molecule has 1 aliphatic rings. The van der Waals surface area contributed by atoms with Crippen LogP contribution < -0.4 is 5.73 Å². The molecule has 0 amide bonds. The molecule has 0 aliphatic carbocycles. The lowest BCUT2D eigenvalue weighted by molar-refractivity contribution is 0.330. The zero-order valence-electron chi connectivity index (χ0n) is 9.00. The first-order chi connectivity index (χ1) is 7.62. The molecule has 1 unspecified atom stereocenters. The molecular weight excluding hydrogens is 244 g/mol. The summed E-state index contributed by atoms with van der Waals surface area (Å²) >= 11 is 1.25. The Morgan fingerprint density at radius 3 is 2.88 bits per heavy atom. The van der Waals surface area contributed by atoms with Crippen molar-refractivity contribution >= 4 is 21.4 Å². The van der Waals surface area contributed by atoms with Gasteiger partial charge in [0.2, 0.25) is 0 Å². The molecule has 2 heterocycles. The van der Waals surface area contributed by atoms with E-state index in [1.807, 2.05) is 0 Å². The average molecular weight is 260 g/mol. The van der Waals surface area contributed by atoms with Gasteiger partial charge < -0.3 is 5.73 Å². The fourth-order valence-electron chi connectivity index (χ4n) is 1.93. The molecule has 1 fully saturated rings. The molecule has 0 radical (unpaired) electrons. The smallest absolute Gasteiger partial charge is 0.253 e. The maximum atomic E-state index is 12.3. The number of nitrogens with two attached hydrogens (primary N) is 1. The van der Waals surface area contributed by atoms with Gasteiger partial charge in [-0.3, -0.25) is 0 Å². The highest BCUT2D eigenvalue weighted by Gasteiger charge is 2.30. The Morgan fingerprint density at radius 1 is 1.38 bits per heavy atom. The second kappa shape index (κ2) is 4.83. The Bertz CT molecular complexity index is 428. The third kappa shape index (κ3) is 2.29. The van der Waals surface area contributed by atoms with Crippen molar-refractivity contribution in [1.82, 2.24) is 4.31 Å². The molecule has 6 heteroatoms. The number of hydrogen-bond donors (Lipinski definition) is 1. The summed E-state index contributed by atoms with van der Waals surface area (Å²) in [5.74, 6) is 0. The minimum absolute atomic E-state index is 0.366. The molecule has 0 aromatic carbocycles. The van der Waals surface area contributed by atoms with Gasteiger partial charge in [0.15, 0.2) is 0 Å². The summed E-state index contributed by atoms with van der Waals surface area (Å²) in [6.45, 7) is 0.543. The van der Waals surface area contributed by atoms with E-state index < -0.39 is 10.0 Å². The van der Waals surface area contributed by atoms with E-state index in [1.54, 1.807) is 17.5 Å². The van der Waals surface area contributed by atoms with E-state index >= 15 is 0 Å². The minimum atomic E-state index is -3.36. The van der Waals surface area contributed by atoms with Gasteiger partial charge in [0.05, 0.1) is 6.17 Å². The second-order valence-corrected chi connectivity index (χ2v) is 7.03. The summed E-state index contributed by atoms with van der Waals surface area (Å²) in [6.07, 6.45) is 3.36. The molecule has 1 aromatic rings. The van der Waals surface area contributed by atoms with Crippen LogP contribution in [0.5, 0.6) is 0 Å². The Labute approximate surface area is 100 Å². The van der Waals surface area contributed by atoms with Gasteiger partial charge in [-0.25, -0.2) is 8.42 Å². The normalized spacial score (nSPS) is 24.2. The van der Waals surface area contributed by atoms with Gasteiger partial charge in [0.25, 0.3) is 10.0 Å². The Morgan fingerprint density at radius 2 is 2.19 bits per heavy atom. The molecule has 16 heavy (non-hydrogen) atoms. The summed E-state index contributed by atoms with van der Waals surface area (Å²) in [7, 11) is -3.36. The average Bonchev–Trinajstić information content (AvgIpc) is 2.69. The lowest BCUT2D eigenvalue weighted by Crippen LogP contribution is -2.44. The zero-order chi connectivity index (χ0) is 11.6. The highest BCUT2D eigenvalue weighted by atomic mass is 32.2.